The third-order valence-electron chi connectivity index (χ3n) is 6.51. The molecule has 0 amide bonds. The molecule has 3 aromatic rings. The summed E-state index contributed by atoms with van der Waals surface area (Å²) in [5.74, 6) is -3.90. The first-order valence-electron chi connectivity index (χ1n) is 10.5. The zero-order valence-electron chi connectivity index (χ0n) is 17.4. The van der Waals surface area contributed by atoms with Crippen LogP contribution in [0.15, 0.2) is 54.7 Å². The third kappa shape index (κ3) is 4.37. The van der Waals surface area contributed by atoms with E-state index in [-0.39, 0.29) is 5.82 Å². The molecule has 168 valence electrons. The number of benzene rings is 2. The fourth-order valence-corrected chi connectivity index (χ4v) is 5.03. The summed E-state index contributed by atoms with van der Waals surface area (Å²) in [6.07, 6.45) is 5.80. The smallest absolute Gasteiger partial charge is 0.414 e. The van der Waals surface area contributed by atoms with Crippen LogP contribution < -0.4 is 0 Å². The number of fused-ring (bicyclic) bond motifs is 3. The van der Waals surface area contributed by atoms with Gasteiger partial charge in [0.1, 0.15) is 5.82 Å². The first kappa shape index (κ1) is 22.0. The molecule has 0 aliphatic carbocycles. The van der Waals surface area contributed by atoms with Crippen molar-refractivity contribution in [1.29, 1.82) is 0 Å². The predicted octanol–water partition coefficient (Wildman–Crippen LogP) is 3.48. The van der Waals surface area contributed by atoms with E-state index < -0.39 is 17.5 Å². The van der Waals surface area contributed by atoms with Crippen LogP contribution in [-0.4, -0.2) is 49.2 Å². The van der Waals surface area contributed by atoms with E-state index >= 15 is 0 Å². The number of rotatable bonds is 3. The van der Waals surface area contributed by atoms with Crippen LogP contribution in [0.3, 0.4) is 0 Å². The minimum atomic E-state index is -1.82. The molecule has 32 heavy (non-hydrogen) atoms. The van der Waals surface area contributed by atoms with E-state index in [1.54, 1.807) is 12.1 Å². The number of carbonyl (C=O) groups is 2. The molecular formula is C24H25FN2O5. The molecule has 7 nitrogen and oxygen atoms in total. The normalized spacial score (nSPS) is 24.7. The number of carboxylic acids is 2. The fraction of sp³-hybridized carbons (Fsp3) is 0.333. The van der Waals surface area contributed by atoms with Crippen molar-refractivity contribution in [2.24, 2.45) is 0 Å². The third-order valence-corrected chi connectivity index (χ3v) is 6.51. The molecular weight excluding hydrogens is 415 g/mol. The van der Waals surface area contributed by atoms with Gasteiger partial charge in [0, 0.05) is 35.7 Å². The molecule has 0 spiro atoms. The molecule has 4 N–H and O–H groups in total. The van der Waals surface area contributed by atoms with Crippen molar-refractivity contribution in [3.63, 3.8) is 0 Å². The Bertz CT molecular complexity index is 1100. The van der Waals surface area contributed by atoms with Gasteiger partial charge in [0.15, 0.2) is 0 Å². The number of hydrogen-bond donors (Lipinski definition) is 4. The van der Waals surface area contributed by atoms with Crippen molar-refractivity contribution in [3.05, 3.63) is 71.7 Å². The Kier molecular flexibility index (Phi) is 5.99. The number of aromatic amines is 1. The Hall–Kier alpha value is -3.23. The van der Waals surface area contributed by atoms with Gasteiger partial charge in [0.05, 0.1) is 5.60 Å². The lowest BCUT2D eigenvalue weighted by molar-refractivity contribution is -0.159. The SMILES string of the molecule is O=C(O)C(=O)O.OC1(c2ccc(F)cc2)C[C@H]2CC[C@@H](C1)N2Cc1c[nH]c2ccccc12. The molecule has 5 rings (SSSR count). The van der Waals surface area contributed by atoms with Crippen molar-refractivity contribution in [2.75, 3.05) is 0 Å². The number of aromatic nitrogens is 1. The van der Waals surface area contributed by atoms with Crippen molar-refractivity contribution in [1.82, 2.24) is 9.88 Å². The van der Waals surface area contributed by atoms with Crippen LogP contribution in [0.1, 0.15) is 36.8 Å². The van der Waals surface area contributed by atoms with Crippen molar-refractivity contribution in [2.45, 2.75) is 49.9 Å². The molecule has 8 heteroatoms. The Morgan fingerprint density at radius 3 is 2.19 bits per heavy atom. The van der Waals surface area contributed by atoms with Crippen LogP contribution in [0, 0.1) is 5.82 Å². The fourth-order valence-electron chi connectivity index (χ4n) is 5.03. The summed E-state index contributed by atoms with van der Waals surface area (Å²) in [6.45, 7) is 0.916. The molecule has 2 aliphatic rings. The highest BCUT2D eigenvalue weighted by molar-refractivity contribution is 6.27. The Balaban J connectivity index is 0.000000363. The molecule has 2 saturated heterocycles. The second kappa shape index (κ2) is 8.72. The topological polar surface area (TPSA) is 114 Å². The number of halogens is 1. The van der Waals surface area contributed by atoms with Crippen LogP contribution >= 0.6 is 0 Å². The van der Waals surface area contributed by atoms with E-state index in [2.05, 4.69) is 40.3 Å². The largest absolute Gasteiger partial charge is 0.473 e. The monoisotopic (exact) mass is 440 g/mol. The van der Waals surface area contributed by atoms with E-state index in [1.165, 1.54) is 28.6 Å². The molecule has 1 unspecified atom stereocenters. The predicted molar refractivity (Wildman–Crippen MR) is 115 cm³/mol. The van der Waals surface area contributed by atoms with Crippen molar-refractivity contribution >= 4 is 22.8 Å². The van der Waals surface area contributed by atoms with E-state index in [9.17, 15) is 9.50 Å². The summed E-state index contributed by atoms with van der Waals surface area (Å²) >= 11 is 0. The summed E-state index contributed by atoms with van der Waals surface area (Å²) in [7, 11) is 0. The summed E-state index contributed by atoms with van der Waals surface area (Å²) in [5, 5.41) is 27.3. The highest BCUT2D eigenvalue weighted by Crippen LogP contribution is 2.46. The average molecular weight is 440 g/mol. The van der Waals surface area contributed by atoms with Gasteiger partial charge in [-0.2, -0.15) is 0 Å². The van der Waals surface area contributed by atoms with Gasteiger partial charge in [-0.1, -0.05) is 30.3 Å². The number of piperidine rings is 1. The van der Waals surface area contributed by atoms with E-state index in [4.69, 9.17) is 19.8 Å². The molecule has 2 fully saturated rings. The second-order valence-electron chi connectivity index (χ2n) is 8.47. The lowest BCUT2D eigenvalue weighted by Crippen LogP contribution is -2.49. The maximum absolute atomic E-state index is 13.3. The number of aliphatic hydroxyl groups is 1. The molecule has 1 aromatic heterocycles. The molecule has 0 radical (unpaired) electrons. The van der Waals surface area contributed by atoms with Gasteiger partial charge in [-0.25, -0.2) is 14.0 Å². The van der Waals surface area contributed by atoms with Gasteiger partial charge in [-0.15, -0.1) is 0 Å². The minimum Gasteiger partial charge on any atom is -0.473 e. The first-order valence-corrected chi connectivity index (χ1v) is 10.5. The highest BCUT2D eigenvalue weighted by Gasteiger charge is 2.48. The van der Waals surface area contributed by atoms with Crippen LogP contribution in [-0.2, 0) is 21.7 Å². The Labute approximate surface area is 184 Å². The number of H-pyrrole nitrogens is 1. The molecule has 0 saturated carbocycles. The quantitative estimate of drug-likeness (QED) is 0.464. The average Bonchev–Trinajstić information content (AvgIpc) is 3.28. The van der Waals surface area contributed by atoms with Crippen LogP contribution in [0.25, 0.3) is 10.9 Å². The van der Waals surface area contributed by atoms with Crippen LogP contribution in [0.2, 0.25) is 0 Å². The second-order valence-corrected chi connectivity index (χ2v) is 8.47. The summed E-state index contributed by atoms with van der Waals surface area (Å²) < 4.78 is 13.3. The van der Waals surface area contributed by atoms with Gasteiger partial charge < -0.3 is 20.3 Å². The minimum absolute atomic E-state index is 0.253. The maximum Gasteiger partial charge on any atom is 0.414 e. The van der Waals surface area contributed by atoms with E-state index in [0.29, 0.717) is 12.1 Å². The van der Waals surface area contributed by atoms with Gasteiger partial charge >= 0.3 is 11.9 Å². The zero-order chi connectivity index (χ0) is 22.9. The lowest BCUT2D eigenvalue weighted by Gasteiger charge is -2.44. The van der Waals surface area contributed by atoms with Crippen LogP contribution in [0.4, 0.5) is 4.39 Å². The number of carboxylic acid groups (broad SMARTS) is 2. The number of para-hydroxylation sites is 1. The highest BCUT2D eigenvalue weighted by atomic mass is 19.1. The lowest BCUT2D eigenvalue weighted by atomic mass is 9.80. The Morgan fingerprint density at radius 1 is 1.00 bits per heavy atom. The first-order chi connectivity index (χ1) is 15.3. The van der Waals surface area contributed by atoms with Gasteiger partial charge in [-0.05, 0) is 55.0 Å². The number of nitrogens with zero attached hydrogens (tertiary/aromatic N) is 1. The summed E-state index contributed by atoms with van der Waals surface area (Å²) in [5.41, 5.74) is 2.51. The standard InChI is InChI=1S/C22H23FN2O.C2H2O4/c23-17-7-5-16(6-8-17)22(26)11-18-9-10-19(12-22)25(18)14-15-13-24-21-4-2-1-3-20(15)21;3-1(4)2(5)6/h1-8,13,18-19,24,26H,9-12,14H2;(H,3,4)(H,5,6)/t18-,19+,22?;. The number of aliphatic carboxylic acids is 2. The molecule has 2 bridgehead atoms. The van der Waals surface area contributed by atoms with Crippen molar-refractivity contribution < 1.29 is 29.3 Å². The van der Waals surface area contributed by atoms with Gasteiger partial charge in [0.25, 0.3) is 0 Å². The summed E-state index contributed by atoms with van der Waals surface area (Å²) in [4.78, 5) is 24.1. The van der Waals surface area contributed by atoms with Crippen LogP contribution in [0.5, 0.6) is 0 Å². The van der Waals surface area contributed by atoms with E-state index in [0.717, 1.165) is 37.8 Å². The molecule has 2 aromatic carbocycles. The van der Waals surface area contributed by atoms with E-state index in [1.807, 2.05) is 0 Å². The summed E-state index contributed by atoms with van der Waals surface area (Å²) in [6, 6.07) is 15.5. The molecule has 3 atom stereocenters. The maximum atomic E-state index is 13.3. The number of hydrogen-bond acceptors (Lipinski definition) is 4. The van der Waals surface area contributed by atoms with Crippen molar-refractivity contribution in [3.8, 4) is 0 Å². The molecule has 2 aliphatic heterocycles. The molecule has 3 heterocycles. The Morgan fingerprint density at radius 2 is 1.59 bits per heavy atom. The van der Waals surface area contributed by atoms with Gasteiger partial charge in [0.2, 0.25) is 0 Å². The van der Waals surface area contributed by atoms with Gasteiger partial charge in [-0.3, -0.25) is 4.90 Å². The zero-order valence-corrected chi connectivity index (χ0v) is 17.4. The number of nitrogens with one attached hydrogen (secondary N) is 1.